The lowest BCUT2D eigenvalue weighted by Gasteiger charge is -2.22. The highest BCUT2D eigenvalue weighted by molar-refractivity contribution is 5.96. The summed E-state index contributed by atoms with van der Waals surface area (Å²) >= 11 is 0. The molecule has 2 rings (SSSR count). The predicted molar refractivity (Wildman–Crippen MR) is 66.5 cm³/mol. The van der Waals surface area contributed by atoms with Crippen LogP contribution in [0.25, 0.3) is 0 Å². The third kappa shape index (κ3) is 3.19. The van der Waals surface area contributed by atoms with Crippen LogP contribution in [0.1, 0.15) is 58.8 Å². The fourth-order valence-electron chi connectivity index (χ4n) is 2.92. The first-order valence-corrected chi connectivity index (χ1v) is 6.48. The van der Waals surface area contributed by atoms with Gasteiger partial charge in [-0.3, -0.25) is 4.99 Å². The molecule has 0 saturated heterocycles. The number of aliphatic imine (C=N–C) groups is 1. The Balaban J connectivity index is 2.01. The zero-order chi connectivity index (χ0) is 10.7. The van der Waals surface area contributed by atoms with Crippen LogP contribution in [0.4, 0.5) is 0 Å². The Morgan fingerprint density at radius 1 is 1.13 bits per heavy atom. The third-order valence-electron chi connectivity index (χ3n) is 3.56. The molecule has 0 amide bonds. The second-order valence-electron chi connectivity index (χ2n) is 5.42. The maximum Gasteiger partial charge on any atom is 0.0502 e. The fraction of sp³-hybridized carbons (Fsp3) is 0.786. The molecule has 0 N–H and O–H groups in total. The van der Waals surface area contributed by atoms with Crippen LogP contribution in [0.15, 0.2) is 16.6 Å². The van der Waals surface area contributed by atoms with Gasteiger partial charge in [0.2, 0.25) is 0 Å². The third-order valence-corrected chi connectivity index (χ3v) is 3.56. The average molecular weight is 205 g/mol. The van der Waals surface area contributed by atoms with E-state index in [4.69, 9.17) is 4.99 Å². The fourth-order valence-corrected chi connectivity index (χ4v) is 2.92. The summed E-state index contributed by atoms with van der Waals surface area (Å²) in [5.74, 6) is 0.803. The summed E-state index contributed by atoms with van der Waals surface area (Å²) in [6.07, 6.45) is 11.6. The zero-order valence-corrected chi connectivity index (χ0v) is 10.1. The molecule has 0 bridgehead atoms. The first-order valence-electron chi connectivity index (χ1n) is 6.48. The van der Waals surface area contributed by atoms with Crippen LogP contribution in [0, 0.1) is 5.92 Å². The van der Waals surface area contributed by atoms with Crippen molar-refractivity contribution < 1.29 is 0 Å². The first kappa shape index (κ1) is 10.9. The molecule has 0 radical (unpaired) electrons. The van der Waals surface area contributed by atoms with E-state index in [2.05, 4.69) is 19.9 Å². The van der Waals surface area contributed by atoms with Crippen molar-refractivity contribution in [3.63, 3.8) is 0 Å². The molecule has 1 atom stereocenters. The van der Waals surface area contributed by atoms with Crippen LogP contribution in [-0.2, 0) is 0 Å². The van der Waals surface area contributed by atoms with Crippen molar-refractivity contribution in [2.45, 2.75) is 64.8 Å². The van der Waals surface area contributed by atoms with E-state index >= 15 is 0 Å². The monoisotopic (exact) mass is 205 g/mol. The maximum atomic E-state index is 4.94. The van der Waals surface area contributed by atoms with Gasteiger partial charge < -0.3 is 0 Å². The Kier molecular flexibility index (Phi) is 3.61. The van der Waals surface area contributed by atoms with Crippen LogP contribution in [0.2, 0.25) is 0 Å². The molecule has 1 unspecified atom stereocenters. The predicted octanol–water partition coefficient (Wildman–Crippen LogP) is 4.14. The summed E-state index contributed by atoms with van der Waals surface area (Å²) in [4.78, 5) is 4.94. The van der Waals surface area contributed by atoms with Crippen molar-refractivity contribution in [2.75, 3.05) is 0 Å². The van der Waals surface area contributed by atoms with Crippen LogP contribution in [-0.4, -0.2) is 11.8 Å². The summed E-state index contributed by atoms with van der Waals surface area (Å²) in [6.45, 7) is 4.58. The highest BCUT2D eigenvalue weighted by Crippen LogP contribution is 2.25. The van der Waals surface area contributed by atoms with Gasteiger partial charge in [-0.05, 0) is 44.6 Å². The van der Waals surface area contributed by atoms with Crippen molar-refractivity contribution in [2.24, 2.45) is 10.9 Å². The molecule has 1 nitrogen and oxygen atoms in total. The summed E-state index contributed by atoms with van der Waals surface area (Å²) in [7, 11) is 0. The summed E-state index contributed by atoms with van der Waals surface area (Å²) in [5.41, 5.74) is 2.89. The lowest BCUT2D eigenvalue weighted by atomic mass is 9.89. The number of hydrogen-bond acceptors (Lipinski definition) is 1. The number of nitrogens with zero attached hydrogens (tertiary/aromatic N) is 1. The lowest BCUT2D eigenvalue weighted by Crippen LogP contribution is -2.16. The number of allylic oxidation sites excluding steroid dienone is 2. The Hall–Kier alpha value is -0.590. The normalized spacial score (nSPS) is 31.7. The van der Waals surface area contributed by atoms with Gasteiger partial charge >= 0.3 is 0 Å². The van der Waals surface area contributed by atoms with Gasteiger partial charge in [0.25, 0.3) is 0 Å². The summed E-state index contributed by atoms with van der Waals surface area (Å²) in [6, 6.07) is 0.642. The van der Waals surface area contributed by atoms with Crippen LogP contribution >= 0.6 is 0 Å². The molecular formula is C14H23N. The van der Waals surface area contributed by atoms with E-state index < -0.39 is 0 Å². The van der Waals surface area contributed by atoms with E-state index in [9.17, 15) is 0 Å². The van der Waals surface area contributed by atoms with Crippen LogP contribution < -0.4 is 0 Å². The van der Waals surface area contributed by atoms with Crippen molar-refractivity contribution in [1.29, 1.82) is 0 Å². The molecule has 1 fully saturated rings. The van der Waals surface area contributed by atoms with Gasteiger partial charge in [0.1, 0.15) is 0 Å². The Bertz CT molecular complexity index is 269. The van der Waals surface area contributed by atoms with Gasteiger partial charge in [-0.25, -0.2) is 0 Å². The average Bonchev–Trinajstić information content (AvgIpc) is 2.17. The van der Waals surface area contributed by atoms with E-state index in [-0.39, 0.29) is 0 Å². The first-order chi connectivity index (χ1) is 7.24. The van der Waals surface area contributed by atoms with E-state index in [1.165, 1.54) is 56.2 Å². The van der Waals surface area contributed by atoms with E-state index in [0.717, 1.165) is 5.92 Å². The highest BCUT2D eigenvalue weighted by atomic mass is 14.8. The summed E-state index contributed by atoms with van der Waals surface area (Å²) < 4.78 is 0. The molecule has 1 heteroatoms. The van der Waals surface area contributed by atoms with E-state index in [1.54, 1.807) is 0 Å². The topological polar surface area (TPSA) is 12.4 Å². The van der Waals surface area contributed by atoms with Crippen LogP contribution in [0.5, 0.6) is 0 Å². The molecule has 0 spiro atoms. The molecule has 2 aliphatic rings. The van der Waals surface area contributed by atoms with Gasteiger partial charge in [0.05, 0.1) is 6.04 Å². The molecule has 0 heterocycles. The van der Waals surface area contributed by atoms with Crippen LogP contribution in [0.3, 0.4) is 0 Å². The Morgan fingerprint density at radius 2 is 1.87 bits per heavy atom. The van der Waals surface area contributed by atoms with Crippen molar-refractivity contribution in [3.8, 4) is 0 Å². The number of rotatable bonds is 1. The SMILES string of the molecule is CC1=CC(=NC2CCCCC2)CC(C)C1. The number of hydrogen-bond donors (Lipinski definition) is 0. The molecule has 0 aliphatic heterocycles. The minimum atomic E-state index is 0.642. The highest BCUT2D eigenvalue weighted by Gasteiger charge is 2.16. The van der Waals surface area contributed by atoms with E-state index in [0.29, 0.717) is 6.04 Å². The standard InChI is InChI=1S/C14H23N/c1-11-8-12(2)10-14(9-11)15-13-6-4-3-5-7-13/h9,12-13H,3-8,10H2,1-2H3. The second kappa shape index (κ2) is 4.96. The summed E-state index contributed by atoms with van der Waals surface area (Å²) in [5, 5.41) is 0. The largest absolute Gasteiger partial charge is 0.286 e. The van der Waals surface area contributed by atoms with Gasteiger partial charge in [-0.15, -0.1) is 0 Å². The molecule has 0 aromatic carbocycles. The molecular weight excluding hydrogens is 182 g/mol. The minimum Gasteiger partial charge on any atom is -0.286 e. The van der Waals surface area contributed by atoms with Gasteiger partial charge in [-0.1, -0.05) is 31.8 Å². The molecule has 84 valence electrons. The molecule has 2 aliphatic carbocycles. The van der Waals surface area contributed by atoms with Crippen molar-refractivity contribution in [1.82, 2.24) is 0 Å². The smallest absolute Gasteiger partial charge is 0.0502 e. The molecule has 0 aromatic heterocycles. The minimum absolute atomic E-state index is 0.642. The maximum absolute atomic E-state index is 4.94. The van der Waals surface area contributed by atoms with Gasteiger partial charge in [0.15, 0.2) is 0 Å². The van der Waals surface area contributed by atoms with Crippen molar-refractivity contribution >= 4 is 5.71 Å². The molecule has 1 saturated carbocycles. The Morgan fingerprint density at radius 3 is 2.53 bits per heavy atom. The quantitative estimate of drug-likeness (QED) is 0.610. The van der Waals surface area contributed by atoms with Gasteiger partial charge in [-0.2, -0.15) is 0 Å². The molecule has 15 heavy (non-hydrogen) atoms. The Labute approximate surface area is 93.7 Å². The molecule has 0 aromatic rings. The second-order valence-corrected chi connectivity index (χ2v) is 5.42. The van der Waals surface area contributed by atoms with Gasteiger partial charge in [0, 0.05) is 5.71 Å². The zero-order valence-electron chi connectivity index (χ0n) is 10.1. The van der Waals surface area contributed by atoms with Crippen molar-refractivity contribution in [3.05, 3.63) is 11.6 Å². The lowest BCUT2D eigenvalue weighted by molar-refractivity contribution is 0.441. The van der Waals surface area contributed by atoms with E-state index in [1.807, 2.05) is 0 Å².